The Kier molecular flexibility index (Phi) is 3.72. The Morgan fingerprint density at radius 1 is 1.05 bits per heavy atom. The van der Waals surface area contributed by atoms with Crippen LogP contribution in [0.25, 0.3) is 0 Å². The van der Waals surface area contributed by atoms with E-state index in [0.29, 0.717) is 24.0 Å². The van der Waals surface area contributed by atoms with E-state index < -0.39 is 0 Å². The van der Waals surface area contributed by atoms with Gasteiger partial charge in [-0.3, -0.25) is 4.98 Å². The van der Waals surface area contributed by atoms with E-state index in [1.165, 1.54) is 6.33 Å². The Bertz CT molecular complexity index is 712. The minimum absolute atomic E-state index is 0.598. The molecular formula is C14H14N6O. The molecule has 0 fully saturated rings. The molecule has 3 heterocycles. The summed E-state index contributed by atoms with van der Waals surface area (Å²) in [7, 11) is 0. The molecule has 0 saturated carbocycles. The maximum atomic E-state index is 4.99. The summed E-state index contributed by atoms with van der Waals surface area (Å²) in [5.41, 5.74) is 0.942. The number of nitrogens with one attached hydrogen (secondary N) is 2. The maximum absolute atomic E-state index is 4.99. The SMILES string of the molecule is Cc1cc(Nc2cc(NCc3ccccn3)ncn2)no1. The van der Waals surface area contributed by atoms with Crippen molar-refractivity contribution in [2.45, 2.75) is 13.5 Å². The minimum Gasteiger partial charge on any atom is -0.364 e. The highest BCUT2D eigenvalue weighted by Crippen LogP contribution is 2.16. The summed E-state index contributed by atoms with van der Waals surface area (Å²) in [6, 6.07) is 9.38. The second-order valence-electron chi connectivity index (χ2n) is 4.41. The first-order valence-electron chi connectivity index (χ1n) is 6.46. The molecule has 0 atom stereocenters. The molecule has 0 aromatic carbocycles. The lowest BCUT2D eigenvalue weighted by Crippen LogP contribution is -2.04. The smallest absolute Gasteiger partial charge is 0.175 e. The van der Waals surface area contributed by atoms with Crippen LogP contribution in [0.5, 0.6) is 0 Å². The second-order valence-corrected chi connectivity index (χ2v) is 4.41. The van der Waals surface area contributed by atoms with E-state index in [1.54, 1.807) is 18.3 Å². The Morgan fingerprint density at radius 3 is 2.71 bits per heavy atom. The van der Waals surface area contributed by atoms with Gasteiger partial charge < -0.3 is 15.2 Å². The number of nitrogens with zero attached hydrogens (tertiary/aromatic N) is 4. The van der Waals surface area contributed by atoms with Crippen molar-refractivity contribution in [3.05, 3.63) is 54.3 Å². The van der Waals surface area contributed by atoms with Crippen molar-refractivity contribution < 1.29 is 4.52 Å². The summed E-state index contributed by atoms with van der Waals surface area (Å²) in [4.78, 5) is 12.5. The highest BCUT2D eigenvalue weighted by Gasteiger charge is 2.03. The number of pyridine rings is 1. The fourth-order valence-corrected chi connectivity index (χ4v) is 1.76. The van der Waals surface area contributed by atoms with E-state index in [2.05, 4.69) is 30.7 Å². The van der Waals surface area contributed by atoms with Crippen LogP contribution in [0, 0.1) is 6.92 Å². The molecule has 0 aliphatic rings. The van der Waals surface area contributed by atoms with Crippen molar-refractivity contribution in [2.24, 2.45) is 0 Å². The quantitative estimate of drug-likeness (QED) is 0.743. The molecule has 0 saturated heterocycles. The van der Waals surface area contributed by atoms with Crippen LogP contribution < -0.4 is 10.6 Å². The third kappa shape index (κ3) is 3.53. The summed E-state index contributed by atoms with van der Waals surface area (Å²) in [6.07, 6.45) is 3.24. The lowest BCUT2D eigenvalue weighted by atomic mass is 10.3. The molecule has 7 heteroatoms. The Morgan fingerprint density at radius 2 is 1.95 bits per heavy atom. The molecule has 0 bridgehead atoms. The summed E-state index contributed by atoms with van der Waals surface area (Å²) >= 11 is 0. The Hall–Kier alpha value is -2.96. The van der Waals surface area contributed by atoms with Gasteiger partial charge in [0.25, 0.3) is 0 Å². The van der Waals surface area contributed by atoms with Gasteiger partial charge in [-0.1, -0.05) is 11.2 Å². The largest absolute Gasteiger partial charge is 0.364 e. The highest BCUT2D eigenvalue weighted by molar-refractivity contribution is 5.55. The van der Waals surface area contributed by atoms with Gasteiger partial charge in [-0.15, -0.1) is 0 Å². The summed E-state index contributed by atoms with van der Waals surface area (Å²) in [5.74, 6) is 2.70. The summed E-state index contributed by atoms with van der Waals surface area (Å²) in [5, 5.41) is 10.1. The maximum Gasteiger partial charge on any atom is 0.175 e. The highest BCUT2D eigenvalue weighted by atomic mass is 16.5. The molecule has 0 radical (unpaired) electrons. The molecule has 106 valence electrons. The van der Waals surface area contributed by atoms with E-state index in [1.807, 2.05) is 25.1 Å². The predicted octanol–water partition coefficient (Wildman–Crippen LogP) is 2.52. The molecular weight excluding hydrogens is 268 g/mol. The lowest BCUT2D eigenvalue weighted by Gasteiger charge is -2.06. The molecule has 3 aromatic rings. The standard InChI is InChI=1S/C14H14N6O/c1-10-6-14(20-21-10)19-13-7-12(17-9-18-13)16-8-11-4-2-3-5-15-11/h2-7,9H,8H2,1H3,(H2,16,17,18,19,20). The molecule has 21 heavy (non-hydrogen) atoms. The molecule has 0 spiro atoms. The molecule has 3 rings (SSSR count). The molecule has 3 aromatic heterocycles. The molecule has 7 nitrogen and oxygen atoms in total. The van der Waals surface area contributed by atoms with Crippen LogP contribution in [0.1, 0.15) is 11.5 Å². The fourth-order valence-electron chi connectivity index (χ4n) is 1.76. The monoisotopic (exact) mass is 282 g/mol. The average Bonchev–Trinajstić information content (AvgIpc) is 2.92. The molecule has 0 aliphatic heterocycles. The number of aromatic nitrogens is 4. The zero-order chi connectivity index (χ0) is 14.5. The van der Waals surface area contributed by atoms with Crippen molar-refractivity contribution >= 4 is 17.5 Å². The number of anilines is 3. The first-order valence-corrected chi connectivity index (χ1v) is 6.46. The zero-order valence-electron chi connectivity index (χ0n) is 11.4. The summed E-state index contributed by atoms with van der Waals surface area (Å²) < 4.78 is 4.99. The van der Waals surface area contributed by atoms with E-state index >= 15 is 0 Å². The Labute approximate surface area is 121 Å². The van der Waals surface area contributed by atoms with Gasteiger partial charge >= 0.3 is 0 Å². The van der Waals surface area contributed by atoms with Gasteiger partial charge in [0.15, 0.2) is 5.82 Å². The van der Waals surface area contributed by atoms with Gasteiger partial charge in [-0.25, -0.2) is 9.97 Å². The van der Waals surface area contributed by atoms with E-state index in [0.717, 1.165) is 11.5 Å². The van der Waals surface area contributed by atoms with Crippen LogP contribution in [0.3, 0.4) is 0 Å². The lowest BCUT2D eigenvalue weighted by molar-refractivity contribution is 0.400. The first-order chi connectivity index (χ1) is 10.3. The van der Waals surface area contributed by atoms with Crippen LogP contribution in [0.15, 0.2) is 47.4 Å². The predicted molar refractivity (Wildman–Crippen MR) is 78.1 cm³/mol. The van der Waals surface area contributed by atoms with Gasteiger partial charge in [0.05, 0.1) is 12.2 Å². The van der Waals surface area contributed by atoms with Crippen molar-refractivity contribution in [2.75, 3.05) is 10.6 Å². The van der Waals surface area contributed by atoms with Crippen LogP contribution >= 0.6 is 0 Å². The van der Waals surface area contributed by atoms with E-state index in [4.69, 9.17) is 4.52 Å². The Balaban J connectivity index is 1.65. The van der Waals surface area contributed by atoms with Gasteiger partial charge in [-0.2, -0.15) is 0 Å². The van der Waals surface area contributed by atoms with Crippen LogP contribution in [-0.4, -0.2) is 20.1 Å². The number of hydrogen-bond acceptors (Lipinski definition) is 7. The first kappa shape index (κ1) is 13.0. The van der Waals surface area contributed by atoms with E-state index in [9.17, 15) is 0 Å². The molecule has 0 amide bonds. The van der Waals surface area contributed by atoms with Crippen molar-refractivity contribution in [3.63, 3.8) is 0 Å². The number of rotatable bonds is 5. The van der Waals surface area contributed by atoms with Crippen LogP contribution in [0.2, 0.25) is 0 Å². The topological polar surface area (TPSA) is 88.8 Å². The zero-order valence-corrected chi connectivity index (χ0v) is 11.4. The van der Waals surface area contributed by atoms with E-state index in [-0.39, 0.29) is 0 Å². The normalized spacial score (nSPS) is 10.3. The fraction of sp³-hybridized carbons (Fsp3) is 0.143. The third-order valence-corrected chi connectivity index (χ3v) is 2.73. The van der Waals surface area contributed by atoms with Crippen molar-refractivity contribution in [1.82, 2.24) is 20.1 Å². The van der Waals surface area contributed by atoms with Gasteiger partial charge in [0, 0.05) is 18.3 Å². The van der Waals surface area contributed by atoms with Crippen molar-refractivity contribution in [3.8, 4) is 0 Å². The van der Waals surface area contributed by atoms with Gasteiger partial charge in [0.2, 0.25) is 0 Å². The molecule has 0 unspecified atom stereocenters. The van der Waals surface area contributed by atoms with Crippen LogP contribution in [-0.2, 0) is 6.54 Å². The number of aryl methyl sites for hydroxylation is 1. The summed E-state index contributed by atoms with van der Waals surface area (Å²) in [6.45, 7) is 2.43. The minimum atomic E-state index is 0.598. The molecule has 0 aliphatic carbocycles. The van der Waals surface area contributed by atoms with Crippen LogP contribution in [0.4, 0.5) is 17.5 Å². The molecule has 2 N–H and O–H groups in total. The second kappa shape index (κ2) is 6.00. The average molecular weight is 282 g/mol. The van der Waals surface area contributed by atoms with Gasteiger partial charge in [-0.05, 0) is 19.1 Å². The van der Waals surface area contributed by atoms with Gasteiger partial charge in [0.1, 0.15) is 23.7 Å². The van der Waals surface area contributed by atoms with Crippen molar-refractivity contribution in [1.29, 1.82) is 0 Å². The number of hydrogen-bond donors (Lipinski definition) is 2. The third-order valence-electron chi connectivity index (χ3n) is 2.73.